The van der Waals surface area contributed by atoms with Crippen LogP contribution < -0.4 is 5.32 Å². The molecule has 3 rings (SSSR count). The molecular formula is C10H11N3S2. The van der Waals surface area contributed by atoms with E-state index in [1.54, 1.807) is 11.3 Å². The first-order valence-electron chi connectivity index (χ1n) is 4.96. The van der Waals surface area contributed by atoms with Gasteiger partial charge in [-0.3, -0.25) is 0 Å². The number of aromatic nitrogens is 2. The van der Waals surface area contributed by atoms with E-state index < -0.39 is 0 Å². The van der Waals surface area contributed by atoms with Gasteiger partial charge < -0.3 is 5.32 Å². The number of aryl methyl sites for hydroxylation is 1. The van der Waals surface area contributed by atoms with Crippen molar-refractivity contribution >= 4 is 28.0 Å². The van der Waals surface area contributed by atoms with Crippen molar-refractivity contribution in [2.24, 2.45) is 0 Å². The number of hydrogen-bond acceptors (Lipinski definition) is 5. The van der Waals surface area contributed by atoms with Crippen LogP contribution in [0.15, 0.2) is 10.8 Å². The van der Waals surface area contributed by atoms with Gasteiger partial charge in [0, 0.05) is 28.5 Å². The van der Waals surface area contributed by atoms with Gasteiger partial charge in [-0.15, -0.1) is 0 Å². The normalized spacial score (nSPS) is 15.5. The molecule has 0 amide bonds. The third kappa shape index (κ3) is 1.89. The summed E-state index contributed by atoms with van der Waals surface area (Å²) in [5.41, 5.74) is 2.43. The van der Waals surface area contributed by atoms with E-state index in [2.05, 4.69) is 32.4 Å². The average molecular weight is 237 g/mol. The van der Waals surface area contributed by atoms with Crippen molar-refractivity contribution in [3.63, 3.8) is 0 Å². The Morgan fingerprint density at radius 3 is 2.93 bits per heavy atom. The summed E-state index contributed by atoms with van der Waals surface area (Å²) in [5, 5.41) is 8.56. The zero-order valence-electron chi connectivity index (χ0n) is 8.36. The summed E-state index contributed by atoms with van der Waals surface area (Å²) < 4.78 is 4.38. The number of hydrogen-bond donors (Lipinski definition) is 1. The second kappa shape index (κ2) is 3.57. The molecule has 0 unspecified atom stereocenters. The smallest absolute Gasteiger partial charge is 0.203 e. The standard InChI is InChI=1S/C10H11N3S2/c1-6-4-14-5-8(6)9-12-10(15-13-9)11-7-2-3-7/h4-5,7H,2-3H2,1H3,(H,11,12,13). The van der Waals surface area contributed by atoms with E-state index in [0.29, 0.717) is 6.04 Å². The van der Waals surface area contributed by atoms with E-state index in [1.165, 1.54) is 35.5 Å². The SMILES string of the molecule is Cc1cscc1-c1nsc(NC2CC2)n1. The second-order valence-electron chi connectivity index (χ2n) is 3.81. The highest BCUT2D eigenvalue weighted by Gasteiger charge is 2.22. The number of nitrogens with one attached hydrogen (secondary N) is 1. The molecule has 1 N–H and O–H groups in total. The Balaban J connectivity index is 1.86. The van der Waals surface area contributed by atoms with Crippen molar-refractivity contribution in [2.45, 2.75) is 25.8 Å². The maximum Gasteiger partial charge on any atom is 0.203 e. The molecule has 0 bridgehead atoms. The Morgan fingerprint density at radius 2 is 2.27 bits per heavy atom. The summed E-state index contributed by atoms with van der Waals surface area (Å²) in [6.07, 6.45) is 2.54. The van der Waals surface area contributed by atoms with Crippen LogP contribution >= 0.6 is 22.9 Å². The molecule has 2 heterocycles. The van der Waals surface area contributed by atoms with Gasteiger partial charge in [0.2, 0.25) is 5.13 Å². The lowest BCUT2D eigenvalue weighted by Crippen LogP contribution is -1.99. The van der Waals surface area contributed by atoms with E-state index in [1.807, 2.05) is 0 Å². The van der Waals surface area contributed by atoms with Gasteiger partial charge in [0.05, 0.1) is 0 Å². The summed E-state index contributed by atoms with van der Waals surface area (Å²) in [6.45, 7) is 2.10. The monoisotopic (exact) mass is 237 g/mol. The van der Waals surface area contributed by atoms with Crippen molar-refractivity contribution in [1.82, 2.24) is 9.36 Å². The highest BCUT2D eigenvalue weighted by molar-refractivity contribution is 7.10. The van der Waals surface area contributed by atoms with Crippen LogP contribution in [0.1, 0.15) is 18.4 Å². The van der Waals surface area contributed by atoms with E-state index >= 15 is 0 Å². The molecule has 1 fully saturated rings. The van der Waals surface area contributed by atoms with Crippen molar-refractivity contribution in [3.05, 3.63) is 16.3 Å². The number of anilines is 1. The van der Waals surface area contributed by atoms with Gasteiger partial charge in [0.25, 0.3) is 0 Å². The third-order valence-electron chi connectivity index (χ3n) is 2.43. The second-order valence-corrected chi connectivity index (χ2v) is 5.31. The molecule has 78 valence electrons. The first-order valence-corrected chi connectivity index (χ1v) is 6.68. The minimum Gasteiger partial charge on any atom is -0.358 e. The van der Waals surface area contributed by atoms with Crippen LogP contribution in [0.5, 0.6) is 0 Å². The van der Waals surface area contributed by atoms with Crippen LogP contribution in [0, 0.1) is 6.92 Å². The number of rotatable bonds is 3. The Morgan fingerprint density at radius 1 is 1.40 bits per heavy atom. The lowest BCUT2D eigenvalue weighted by atomic mass is 10.2. The molecule has 0 spiro atoms. The van der Waals surface area contributed by atoms with Gasteiger partial charge in [0.1, 0.15) is 0 Å². The Hall–Kier alpha value is -0.940. The molecule has 0 atom stereocenters. The fourth-order valence-electron chi connectivity index (χ4n) is 1.38. The van der Waals surface area contributed by atoms with Gasteiger partial charge in [-0.2, -0.15) is 20.7 Å². The van der Waals surface area contributed by atoms with Crippen LogP contribution in [-0.4, -0.2) is 15.4 Å². The maximum absolute atomic E-state index is 4.50. The lowest BCUT2D eigenvalue weighted by molar-refractivity contribution is 1.14. The number of thiophene rings is 1. The highest BCUT2D eigenvalue weighted by Crippen LogP contribution is 2.29. The molecule has 5 heteroatoms. The van der Waals surface area contributed by atoms with E-state index in [-0.39, 0.29) is 0 Å². The van der Waals surface area contributed by atoms with E-state index in [4.69, 9.17) is 0 Å². The molecule has 1 aliphatic carbocycles. The molecule has 2 aromatic rings. The Kier molecular flexibility index (Phi) is 2.21. The summed E-state index contributed by atoms with van der Waals surface area (Å²) >= 11 is 3.16. The largest absolute Gasteiger partial charge is 0.358 e. The number of nitrogens with zero attached hydrogens (tertiary/aromatic N) is 2. The Labute approximate surface area is 96.4 Å². The molecule has 3 nitrogen and oxygen atoms in total. The molecular weight excluding hydrogens is 226 g/mol. The summed E-state index contributed by atoms with van der Waals surface area (Å²) in [5.74, 6) is 0.863. The van der Waals surface area contributed by atoms with Crippen LogP contribution in [0.25, 0.3) is 11.4 Å². The first kappa shape index (κ1) is 9.30. The fourth-order valence-corrected chi connectivity index (χ4v) is 2.87. The molecule has 0 saturated heterocycles. The summed E-state index contributed by atoms with van der Waals surface area (Å²) in [4.78, 5) is 4.50. The average Bonchev–Trinajstić information content (AvgIpc) is 2.74. The molecule has 1 aliphatic rings. The lowest BCUT2D eigenvalue weighted by Gasteiger charge is -1.95. The molecule has 15 heavy (non-hydrogen) atoms. The van der Waals surface area contributed by atoms with Gasteiger partial charge in [-0.25, -0.2) is 0 Å². The fraction of sp³-hybridized carbons (Fsp3) is 0.400. The molecule has 0 radical (unpaired) electrons. The van der Waals surface area contributed by atoms with Crippen molar-refractivity contribution in [2.75, 3.05) is 5.32 Å². The molecule has 0 aliphatic heterocycles. The quantitative estimate of drug-likeness (QED) is 0.891. The third-order valence-corrected chi connectivity index (χ3v) is 3.94. The van der Waals surface area contributed by atoms with Crippen molar-refractivity contribution in [1.29, 1.82) is 0 Å². The molecule has 1 saturated carbocycles. The van der Waals surface area contributed by atoms with Crippen molar-refractivity contribution in [3.8, 4) is 11.4 Å². The zero-order chi connectivity index (χ0) is 10.3. The minimum atomic E-state index is 0.648. The predicted octanol–water partition coefficient (Wildman–Crippen LogP) is 3.15. The Bertz CT molecular complexity index is 470. The highest BCUT2D eigenvalue weighted by atomic mass is 32.1. The van der Waals surface area contributed by atoms with Gasteiger partial charge >= 0.3 is 0 Å². The first-order chi connectivity index (χ1) is 7.33. The van der Waals surface area contributed by atoms with Gasteiger partial charge in [-0.1, -0.05) is 0 Å². The van der Waals surface area contributed by atoms with E-state index in [9.17, 15) is 0 Å². The van der Waals surface area contributed by atoms with Crippen molar-refractivity contribution < 1.29 is 0 Å². The topological polar surface area (TPSA) is 37.8 Å². The van der Waals surface area contributed by atoms with Crippen LogP contribution in [-0.2, 0) is 0 Å². The van der Waals surface area contributed by atoms with Gasteiger partial charge in [-0.05, 0) is 30.7 Å². The molecule has 0 aromatic carbocycles. The van der Waals surface area contributed by atoms with Gasteiger partial charge in [0.15, 0.2) is 5.82 Å². The van der Waals surface area contributed by atoms with Crippen LogP contribution in [0.3, 0.4) is 0 Å². The maximum atomic E-state index is 4.50. The molecule has 2 aromatic heterocycles. The zero-order valence-corrected chi connectivity index (χ0v) is 9.99. The van der Waals surface area contributed by atoms with E-state index in [0.717, 1.165) is 11.0 Å². The van der Waals surface area contributed by atoms with Crippen LogP contribution in [0.2, 0.25) is 0 Å². The summed E-state index contributed by atoms with van der Waals surface area (Å²) in [7, 11) is 0. The summed E-state index contributed by atoms with van der Waals surface area (Å²) in [6, 6.07) is 0.648. The predicted molar refractivity (Wildman–Crippen MR) is 64.6 cm³/mol. The van der Waals surface area contributed by atoms with Crippen LogP contribution in [0.4, 0.5) is 5.13 Å². The minimum absolute atomic E-state index is 0.648.